The van der Waals surface area contributed by atoms with Gasteiger partial charge in [0.1, 0.15) is 0 Å². The molecule has 0 saturated heterocycles. The van der Waals surface area contributed by atoms with Crippen molar-refractivity contribution in [2.75, 3.05) is 17.3 Å². The number of hydrogen-bond donors (Lipinski definition) is 0. The fourth-order valence-corrected chi connectivity index (χ4v) is 2.67. The second-order valence-electron chi connectivity index (χ2n) is 4.61. The zero-order chi connectivity index (χ0) is 11.4. The summed E-state index contributed by atoms with van der Waals surface area (Å²) in [5.74, 6) is 0.782. The van der Waals surface area contributed by atoms with Crippen LogP contribution in [0.4, 0.5) is 5.69 Å². The smallest absolute Gasteiger partial charge is 0.0401 e. The van der Waals surface area contributed by atoms with E-state index in [0.29, 0.717) is 6.04 Å². The van der Waals surface area contributed by atoms with Gasteiger partial charge in [-0.2, -0.15) is 0 Å². The van der Waals surface area contributed by atoms with Gasteiger partial charge in [0.05, 0.1) is 0 Å². The Morgan fingerprint density at radius 2 is 2.12 bits per heavy atom. The lowest BCUT2D eigenvalue weighted by Gasteiger charge is -2.37. The molecule has 2 rings (SSSR count). The molecule has 0 amide bonds. The Bertz CT molecular complexity index is 337. The van der Waals surface area contributed by atoms with Crippen LogP contribution in [-0.4, -0.2) is 18.5 Å². The van der Waals surface area contributed by atoms with Crippen LogP contribution in [0.25, 0.3) is 0 Å². The van der Waals surface area contributed by atoms with E-state index in [9.17, 15) is 0 Å². The van der Waals surface area contributed by atoms with Gasteiger partial charge in [-0.3, -0.25) is 0 Å². The average molecular weight is 238 g/mol. The molecule has 1 aromatic rings. The molecule has 0 aliphatic carbocycles. The topological polar surface area (TPSA) is 3.24 Å². The van der Waals surface area contributed by atoms with Crippen molar-refractivity contribution in [2.45, 2.75) is 38.6 Å². The van der Waals surface area contributed by atoms with Crippen molar-refractivity contribution in [1.29, 1.82) is 0 Å². The lowest BCUT2D eigenvalue weighted by Crippen LogP contribution is -2.38. The Hall–Kier alpha value is -0.690. The van der Waals surface area contributed by atoms with Gasteiger partial charge in [-0.1, -0.05) is 18.2 Å². The Labute approximate surface area is 103 Å². The predicted octanol–water partition coefficient (Wildman–Crippen LogP) is 3.85. The van der Waals surface area contributed by atoms with Gasteiger partial charge in [0.25, 0.3) is 0 Å². The number of rotatable bonds is 4. The monoisotopic (exact) mass is 237 g/mol. The highest BCUT2D eigenvalue weighted by Crippen LogP contribution is 2.30. The highest BCUT2D eigenvalue weighted by molar-refractivity contribution is 6.17. The molecule has 1 nitrogen and oxygen atoms in total. The Kier molecular flexibility index (Phi) is 4.11. The lowest BCUT2D eigenvalue weighted by atomic mass is 9.96. The summed E-state index contributed by atoms with van der Waals surface area (Å²) in [7, 11) is 0. The molecule has 0 aromatic heterocycles. The Morgan fingerprint density at radius 3 is 2.94 bits per heavy atom. The normalized spacial score (nSPS) is 19.6. The second kappa shape index (κ2) is 5.58. The van der Waals surface area contributed by atoms with Gasteiger partial charge in [-0.25, -0.2) is 0 Å². The maximum absolute atomic E-state index is 5.74. The molecule has 1 unspecified atom stereocenters. The molecular weight excluding hydrogens is 218 g/mol. The predicted molar refractivity (Wildman–Crippen MR) is 71.5 cm³/mol. The third-order valence-electron chi connectivity index (χ3n) is 3.45. The van der Waals surface area contributed by atoms with Crippen molar-refractivity contribution in [1.82, 2.24) is 0 Å². The van der Waals surface area contributed by atoms with Crippen molar-refractivity contribution >= 4 is 17.3 Å². The van der Waals surface area contributed by atoms with E-state index in [1.54, 1.807) is 0 Å². The molecule has 2 heteroatoms. The van der Waals surface area contributed by atoms with Gasteiger partial charge in [-0.05, 0) is 44.2 Å². The van der Waals surface area contributed by atoms with Crippen LogP contribution < -0.4 is 4.90 Å². The van der Waals surface area contributed by atoms with Gasteiger partial charge in [0.2, 0.25) is 0 Å². The molecule has 1 aliphatic heterocycles. The largest absolute Gasteiger partial charge is 0.369 e. The summed E-state index contributed by atoms with van der Waals surface area (Å²) in [6.07, 6.45) is 4.82. The molecule has 88 valence electrons. The summed E-state index contributed by atoms with van der Waals surface area (Å²) in [6, 6.07) is 9.48. The standard InChI is InChI=1S/C14H20ClN/c1-12-8-9-13-6-2-3-7-14(13)16(12)11-5-4-10-15/h2-3,6-7,12H,4-5,8-11H2,1H3. The molecule has 0 fully saturated rings. The SMILES string of the molecule is CC1CCc2ccccc2N1CCCCCl. The molecule has 0 spiro atoms. The van der Waals surface area contributed by atoms with Crippen LogP contribution >= 0.6 is 11.6 Å². The number of aryl methyl sites for hydroxylation is 1. The molecular formula is C14H20ClN. The van der Waals surface area contributed by atoms with E-state index < -0.39 is 0 Å². The molecule has 0 bridgehead atoms. The highest BCUT2D eigenvalue weighted by Gasteiger charge is 2.21. The number of benzene rings is 1. The van der Waals surface area contributed by atoms with Crippen LogP contribution in [0, 0.1) is 0 Å². The van der Waals surface area contributed by atoms with Crippen LogP contribution in [0.3, 0.4) is 0 Å². The first kappa shape index (κ1) is 11.8. The first-order valence-corrected chi connectivity index (χ1v) is 6.77. The van der Waals surface area contributed by atoms with Crippen molar-refractivity contribution in [2.24, 2.45) is 0 Å². The Morgan fingerprint density at radius 1 is 1.31 bits per heavy atom. The fourth-order valence-electron chi connectivity index (χ4n) is 2.48. The minimum Gasteiger partial charge on any atom is -0.369 e. The van der Waals surface area contributed by atoms with E-state index >= 15 is 0 Å². The summed E-state index contributed by atoms with van der Waals surface area (Å²) in [4.78, 5) is 2.55. The number of unbranched alkanes of at least 4 members (excludes halogenated alkanes) is 1. The zero-order valence-corrected chi connectivity index (χ0v) is 10.7. The van der Waals surface area contributed by atoms with Gasteiger partial charge in [0.15, 0.2) is 0 Å². The summed E-state index contributed by atoms with van der Waals surface area (Å²) in [5, 5.41) is 0. The fraction of sp³-hybridized carbons (Fsp3) is 0.571. The van der Waals surface area contributed by atoms with E-state index in [4.69, 9.17) is 11.6 Å². The Balaban J connectivity index is 2.10. The molecule has 1 heterocycles. The first-order valence-electron chi connectivity index (χ1n) is 6.23. The molecule has 1 aliphatic rings. The number of anilines is 1. The van der Waals surface area contributed by atoms with Crippen molar-refractivity contribution in [3.05, 3.63) is 29.8 Å². The van der Waals surface area contributed by atoms with Gasteiger partial charge < -0.3 is 4.90 Å². The number of halogens is 1. The van der Waals surface area contributed by atoms with Crippen molar-refractivity contribution in [3.63, 3.8) is 0 Å². The molecule has 0 N–H and O–H groups in total. The summed E-state index contributed by atoms with van der Waals surface area (Å²) >= 11 is 5.74. The van der Waals surface area contributed by atoms with Gasteiger partial charge >= 0.3 is 0 Å². The van der Waals surface area contributed by atoms with E-state index in [2.05, 4.69) is 36.1 Å². The molecule has 0 radical (unpaired) electrons. The van der Waals surface area contributed by atoms with Crippen molar-refractivity contribution < 1.29 is 0 Å². The van der Waals surface area contributed by atoms with Crippen LogP contribution in [0.2, 0.25) is 0 Å². The minimum atomic E-state index is 0.672. The average Bonchev–Trinajstić information content (AvgIpc) is 2.32. The maximum Gasteiger partial charge on any atom is 0.0401 e. The zero-order valence-electron chi connectivity index (χ0n) is 9.95. The van der Waals surface area contributed by atoms with Crippen LogP contribution in [0.15, 0.2) is 24.3 Å². The van der Waals surface area contributed by atoms with E-state index in [0.717, 1.165) is 18.8 Å². The number of nitrogens with zero attached hydrogens (tertiary/aromatic N) is 1. The quantitative estimate of drug-likeness (QED) is 0.568. The number of alkyl halides is 1. The lowest BCUT2D eigenvalue weighted by molar-refractivity contribution is 0.550. The summed E-state index contributed by atoms with van der Waals surface area (Å²) in [5.41, 5.74) is 2.95. The minimum absolute atomic E-state index is 0.672. The maximum atomic E-state index is 5.74. The highest BCUT2D eigenvalue weighted by atomic mass is 35.5. The summed E-state index contributed by atoms with van der Waals surface area (Å²) in [6.45, 7) is 3.47. The molecule has 16 heavy (non-hydrogen) atoms. The third kappa shape index (κ3) is 2.52. The van der Waals surface area contributed by atoms with Crippen LogP contribution in [-0.2, 0) is 6.42 Å². The summed E-state index contributed by atoms with van der Waals surface area (Å²) < 4.78 is 0. The van der Waals surface area contributed by atoms with Crippen LogP contribution in [0.1, 0.15) is 31.7 Å². The van der Waals surface area contributed by atoms with Gasteiger partial charge in [0, 0.05) is 24.2 Å². The van der Waals surface area contributed by atoms with E-state index in [-0.39, 0.29) is 0 Å². The number of para-hydroxylation sites is 1. The number of fused-ring (bicyclic) bond motifs is 1. The third-order valence-corrected chi connectivity index (χ3v) is 3.71. The molecule has 0 saturated carbocycles. The van der Waals surface area contributed by atoms with Crippen LogP contribution in [0.5, 0.6) is 0 Å². The van der Waals surface area contributed by atoms with Gasteiger partial charge in [-0.15, -0.1) is 11.6 Å². The number of hydrogen-bond acceptors (Lipinski definition) is 1. The second-order valence-corrected chi connectivity index (χ2v) is 4.98. The molecule has 1 aromatic carbocycles. The van der Waals surface area contributed by atoms with Crippen molar-refractivity contribution in [3.8, 4) is 0 Å². The first-order chi connectivity index (χ1) is 7.83. The van der Waals surface area contributed by atoms with E-state index in [1.165, 1.54) is 30.5 Å². The van der Waals surface area contributed by atoms with E-state index in [1.807, 2.05) is 0 Å². The molecule has 1 atom stereocenters.